The topological polar surface area (TPSA) is 84.3 Å². The summed E-state index contributed by atoms with van der Waals surface area (Å²) in [7, 11) is 0. The van der Waals surface area contributed by atoms with Gasteiger partial charge in [0.2, 0.25) is 5.91 Å². The van der Waals surface area contributed by atoms with Crippen molar-refractivity contribution in [3.05, 3.63) is 74.8 Å². The van der Waals surface area contributed by atoms with E-state index < -0.39 is 4.92 Å². The van der Waals surface area contributed by atoms with E-state index in [1.54, 1.807) is 12.1 Å². The van der Waals surface area contributed by atoms with Crippen molar-refractivity contribution >= 4 is 34.6 Å². The highest BCUT2D eigenvalue weighted by molar-refractivity contribution is 6.31. The fourth-order valence-electron chi connectivity index (χ4n) is 4.31. The van der Waals surface area contributed by atoms with Gasteiger partial charge in [0.05, 0.1) is 11.0 Å². The van der Waals surface area contributed by atoms with Crippen molar-refractivity contribution in [2.75, 3.05) is 10.6 Å². The van der Waals surface area contributed by atoms with E-state index in [0.717, 1.165) is 35.3 Å². The molecular formula is C22H22ClN3O3. The Morgan fingerprint density at radius 2 is 2.10 bits per heavy atom. The number of amides is 1. The zero-order valence-corrected chi connectivity index (χ0v) is 16.8. The van der Waals surface area contributed by atoms with Crippen LogP contribution in [0.3, 0.4) is 0 Å². The average Bonchev–Trinajstić information content (AvgIpc) is 3.18. The van der Waals surface area contributed by atoms with Gasteiger partial charge >= 0.3 is 0 Å². The Morgan fingerprint density at radius 3 is 2.86 bits per heavy atom. The number of hydrogen-bond acceptors (Lipinski definition) is 4. The molecule has 150 valence electrons. The number of halogens is 1. The average molecular weight is 412 g/mol. The highest BCUT2D eigenvalue weighted by Crippen LogP contribution is 2.51. The van der Waals surface area contributed by atoms with Gasteiger partial charge in [-0.25, -0.2) is 0 Å². The Balaban J connectivity index is 1.69. The molecule has 2 aromatic carbocycles. The summed E-state index contributed by atoms with van der Waals surface area (Å²) in [5, 5.41) is 18.3. The summed E-state index contributed by atoms with van der Waals surface area (Å²) in [4.78, 5) is 22.8. The van der Waals surface area contributed by atoms with Gasteiger partial charge in [0.1, 0.15) is 0 Å². The monoisotopic (exact) mass is 411 g/mol. The first-order valence-corrected chi connectivity index (χ1v) is 10.2. The number of allylic oxidation sites excluding steroid dienone is 2. The van der Waals surface area contributed by atoms with Crippen molar-refractivity contribution < 1.29 is 9.72 Å². The number of nitro benzene ring substituents is 1. The molecule has 3 atom stereocenters. The van der Waals surface area contributed by atoms with E-state index in [-0.39, 0.29) is 29.5 Å². The first-order valence-electron chi connectivity index (χ1n) is 9.78. The molecule has 0 spiro atoms. The first kappa shape index (κ1) is 19.5. The molecule has 0 saturated heterocycles. The third-order valence-corrected chi connectivity index (χ3v) is 5.99. The number of hydrogen-bond donors (Lipinski definition) is 2. The quantitative estimate of drug-likeness (QED) is 0.369. The second-order valence-corrected chi connectivity index (χ2v) is 7.95. The molecule has 1 aliphatic heterocycles. The normalized spacial score (nSPS) is 21.8. The summed E-state index contributed by atoms with van der Waals surface area (Å²) < 4.78 is 0. The molecule has 1 heterocycles. The molecular weight excluding hydrogens is 390 g/mol. The van der Waals surface area contributed by atoms with Crippen LogP contribution in [0.5, 0.6) is 0 Å². The van der Waals surface area contributed by atoms with E-state index in [9.17, 15) is 14.9 Å². The molecule has 7 heteroatoms. The number of anilines is 2. The number of nitrogens with zero attached hydrogens (tertiary/aromatic N) is 1. The van der Waals surface area contributed by atoms with Crippen molar-refractivity contribution in [1.29, 1.82) is 0 Å². The van der Waals surface area contributed by atoms with Crippen LogP contribution < -0.4 is 10.6 Å². The van der Waals surface area contributed by atoms with Crippen LogP contribution in [-0.2, 0) is 4.79 Å². The summed E-state index contributed by atoms with van der Waals surface area (Å²) in [5.74, 6) is 0.370. The molecule has 4 rings (SSSR count). The van der Waals surface area contributed by atoms with Gasteiger partial charge in [-0.05, 0) is 48.6 Å². The van der Waals surface area contributed by atoms with E-state index in [2.05, 4.69) is 22.8 Å². The fraction of sp³-hybridized carbons (Fsp3) is 0.318. The minimum atomic E-state index is -0.397. The molecule has 2 N–H and O–H groups in total. The zero-order chi connectivity index (χ0) is 20.5. The van der Waals surface area contributed by atoms with E-state index in [4.69, 9.17) is 11.6 Å². The molecule has 1 aliphatic carbocycles. The van der Waals surface area contributed by atoms with Gasteiger partial charge in [-0.15, -0.1) is 0 Å². The third-order valence-electron chi connectivity index (χ3n) is 5.65. The lowest BCUT2D eigenvalue weighted by Gasteiger charge is -2.38. The molecule has 0 fully saturated rings. The zero-order valence-electron chi connectivity index (χ0n) is 16.0. The number of carbonyl (C=O) groups excluding carboxylic acids is 1. The van der Waals surface area contributed by atoms with Gasteiger partial charge in [-0.3, -0.25) is 14.9 Å². The Bertz CT molecular complexity index is 1000. The second kappa shape index (κ2) is 7.87. The maximum atomic E-state index is 12.0. The van der Waals surface area contributed by atoms with Gasteiger partial charge < -0.3 is 10.6 Å². The molecule has 6 nitrogen and oxygen atoms in total. The molecule has 29 heavy (non-hydrogen) atoms. The number of rotatable bonds is 5. The van der Waals surface area contributed by atoms with Crippen LogP contribution in [0.1, 0.15) is 49.3 Å². The Morgan fingerprint density at radius 1 is 1.28 bits per heavy atom. The van der Waals surface area contributed by atoms with Crippen molar-refractivity contribution in [3.63, 3.8) is 0 Å². The summed E-state index contributed by atoms with van der Waals surface area (Å²) in [6, 6.07) is 10.3. The number of nitro groups is 1. The van der Waals surface area contributed by atoms with Crippen LogP contribution in [0, 0.1) is 16.0 Å². The Hall–Kier alpha value is -2.86. The number of benzene rings is 2. The lowest BCUT2D eigenvalue weighted by molar-refractivity contribution is -0.384. The Labute approximate surface area is 174 Å². The standard InChI is InChI=1S/C22H22ClN3O3/c1-2-4-21(27)24-13-7-10-20-17(11-13)15-5-3-6-16(15)22(25-20)18-12-14(26(28)29)8-9-19(18)23/h3,5,7-12,15-16,22,25H,2,4,6H2,1H3,(H,24,27). The van der Waals surface area contributed by atoms with Gasteiger partial charge in [0, 0.05) is 46.4 Å². The van der Waals surface area contributed by atoms with Crippen LogP contribution in [0.15, 0.2) is 48.6 Å². The minimum Gasteiger partial charge on any atom is -0.378 e. The van der Waals surface area contributed by atoms with E-state index in [1.807, 2.05) is 25.1 Å². The van der Waals surface area contributed by atoms with Gasteiger partial charge in [0.25, 0.3) is 5.69 Å². The second-order valence-electron chi connectivity index (χ2n) is 7.54. The van der Waals surface area contributed by atoms with Crippen molar-refractivity contribution in [3.8, 4) is 0 Å². The van der Waals surface area contributed by atoms with Gasteiger partial charge in [-0.2, -0.15) is 0 Å². The molecule has 0 radical (unpaired) electrons. The number of fused-ring (bicyclic) bond motifs is 3. The third kappa shape index (κ3) is 3.72. The van der Waals surface area contributed by atoms with Gasteiger partial charge in [0.15, 0.2) is 0 Å². The lowest BCUT2D eigenvalue weighted by Crippen LogP contribution is -2.29. The maximum Gasteiger partial charge on any atom is 0.269 e. The van der Waals surface area contributed by atoms with Crippen LogP contribution in [-0.4, -0.2) is 10.8 Å². The highest BCUT2D eigenvalue weighted by Gasteiger charge is 2.39. The van der Waals surface area contributed by atoms with Gasteiger partial charge in [-0.1, -0.05) is 30.7 Å². The molecule has 0 saturated carbocycles. The number of carbonyl (C=O) groups is 1. The van der Waals surface area contributed by atoms with E-state index >= 15 is 0 Å². The predicted molar refractivity (Wildman–Crippen MR) is 114 cm³/mol. The van der Waals surface area contributed by atoms with Crippen LogP contribution >= 0.6 is 11.6 Å². The molecule has 2 aliphatic rings. The molecule has 1 amide bonds. The SMILES string of the molecule is CCCC(=O)Nc1ccc2c(c1)C1C=CCC1C(c1cc([N+](=O)[O-])ccc1Cl)N2. The largest absolute Gasteiger partial charge is 0.378 e. The molecule has 2 aromatic rings. The molecule has 3 unspecified atom stereocenters. The van der Waals surface area contributed by atoms with Crippen molar-refractivity contribution in [1.82, 2.24) is 0 Å². The molecule has 0 bridgehead atoms. The lowest BCUT2D eigenvalue weighted by atomic mass is 9.77. The van der Waals surface area contributed by atoms with Crippen molar-refractivity contribution in [2.45, 2.75) is 38.1 Å². The maximum absolute atomic E-state index is 12.0. The predicted octanol–water partition coefficient (Wildman–Crippen LogP) is 5.81. The minimum absolute atomic E-state index is 0.0102. The first-order chi connectivity index (χ1) is 14.0. The summed E-state index contributed by atoms with van der Waals surface area (Å²) in [5.41, 5.74) is 3.64. The van der Waals surface area contributed by atoms with Crippen LogP contribution in [0.2, 0.25) is 5.02 Å². The summed E-state index contributed by atoms with van der Waals surface area (Å²) in [6.45, 7) is 1.98. The molecule has 0 aromatic heterocycles. The Kier molecular flexibility index (Phi) is 5.28. The summed E-state index contributed by atoms with van der Waals surface area (Å²) in [6.07, 6.45) is 6.48. The highest BCUT2D eigenvalue weighted by atomic mass is 35.5. The fourth-order valence-corrected chi connectivity index (χ4v) is 4.55. The van der Waals surface area contributed by atoms with E-state index in [1.165, 1.54) is 6.07 Å². The van der Waals surface area contributed by atoms with Crippen LogP contribution in [0.4, 0.5) is 17.1 Å². The van der Waals surface area contributed by atoms with Crippen LogP contribution in [0.25, 0.3) is 0 Å². The smallest absolute Gasteiger partial charge is 0.269 e. The number of nitrogens with one attached hydrogen (secondary N) is 2. The number of non-ortho nitro benzene ring substituents is 1. The van der Waals surface area contributed by atoms with E-state index in [0.29, 0.717) is 11.4 Å². The summed E-state index contributed by atoms with van der Waals surface area (Å²) >= 11 is 6.43. The van der Waals surface area contributed by atoms with Crippen molar-refractivity contribution in [2.24, 2.45) is 5.92 Å².